The van der Waals surface area contributed by atoms with Crippen LogP contribution in [0.5, 0.6) is 0 Å². The van der Waals surface area contributed by atoms with Gasteiger partial charge in [0.15, 0.2) is 25.2 Å². The number of aliphatic hydroxyl groups is 10. The van der Waals surface area contributed by atoms with Gasteiger partial charge in [-0.25, -0.2) is 0 Å². The molecule has 10 N–H and O–H groups in total. The molecule has 0 amide bonds. The molecule has 40 heavy (non-hydrogen) atoms. The fraction of sp³-hybridized carbons (Fsp3) is 1.00. The second-order valence-electron chi connectivity index (χ2n) is 10.6. The molecule has 0 saturated carbocycles. The zero-order chi connectivity index (χ0) is 29.6. The lowest BCUT2D eigenvalue weighted by Gasteiger charge is -2.49. The fourth-order valence-corrected chi connectivity index (χ4v) is 5.06. The minimum absolute atomic E-state index is 0.445. The van der Waals surface area contributed by atoms with Crippen LogP contribution in [0.4, 0.5) is 0 Å². The van der Waals surface area contributed by atoms with Crippen molar-refractivity contribution in [3.63, 3.8) is 0 Å². The third-order valence-electron chi connectivity index (χ3n) is 7.70. The lowest BCUT2D eigenvalue weighted by Crippen LogP contribution is -2.67. The van der Waals surface area contributed by atoms with Crippen LogP contribution < -0.4 is 0 Å². The summed E-state index contributed by atoms with van der Waals surface area (Å²) in [6.07, 6.45) is -28.9. The SMILES string of the molecule is C[C@@H]1O[C@@H](O[C@@H]2[C@@H](O)[C@H](C)O[C@@H](O[C@@H]3[C@@H](O)[C@H](C)O[C@@H](O)[C@@H]3O)[C@@H]2O[C@H]2OC[C@H](O)[C@@H](O)[C@@H]2O)[C@H](O)[C@H](O)[C@H]1O. The predicted octanol–water partition coefficient (Wildman–Crippen LogP) is -6.03. The largest absolute Gasteiger partial charge is 0.388 e. The second kappa shape index (κ2) is 12.9. The second-order valence-corrected chi connectivity index (χ2v) is 10.6. The van der Waals surface area contributed by atoms with Crippen molar-refractivity contribution in [1.29, 1.82) is 0 Å². The van der Waals surface area contributed by atoms with Crippen LogP contribution in [-0.2, 0) is 33.2 Å². The molecule has 0 bridgehead atoms. The van der Waals surface area contributed by atoms with Crippen LogP contribution in [0, 0.1) is 0 Å². The summed E-state index contributed by atoms with van der Waals surface area (Å²) in [7, 11) is 0. The molecular weight excluding hydrogens is 548 g/mol. The quantitative estimate of drug-likeness (QED) is 0.138. The Balaban J connectivity index is 1.63. The molecule has 0 radical (unpaired) electrons. The maximum absolute atomic E-state index is 11.0. The van der Waals surface area contributed by atoms with Crippen molar-refractivity contribution in [2.75, 3.05) is 6.61 Å². The van der Waals surface area contributed by atoms with Crippen LogP contribution in [0.3, 0.4) is 0 Å². The van der Waals surface area contributed by atoms with Crippen molar-refractivity contribution >= 4 is 0 Å². The molecule has 0 aromatic heterocycles. The molecule has 4 rings (SSSR count). The van der Waals surface area contributed by atoms with E-state index in [1.165, 1.54) is 20.8 Å². The summed E-state index contributed by atoms with van der Waals surface area (Å²) in [6.45, 7) is 3.82. The molecule has 4 saturated heterocycles. The van der Waals surface area contributed by atoms with E-state index in [1.807, 2.05) is 0 Å². The first-order chi connectivity index (χ1) is 18.7. The molecule has 4 heterocycles. The van der Waals surface area contributed by atoms with Gasteiger partial charge in [-0.2, -0.15) is 0 Å². The molecule has 4 aliphatic heterocycles. The predicted molar refractivity (Wildman–Crippen MR) is 124 cm³/mol. The van der Waals surface area contributed by atoms with Crippen LogP contribution in [-0.4, -0.2) is 174 Å². The van der Waals surface area contributed by atoms with Gasteiger partial charge in [0, 0.05) is 0 Å². The van der Waals surface area contributed by atoms with Crippen molar-refractivity contribution in [3.05, 3.63) is 0 Å². The van der Waals surface area contributed by atoms with Gasteiger partial charge in [0.2, 0.25) is 0 Å². The normalized spacial score (nSPS) is 56.2. The fourth-order valence-electron chi connectivity index (χ4n) is 5.06. The van der Waals surface area contributed by atoms with Crippen molar-refractivity contribution < 1.29 is 84.2 Å². The maximum Gasteiger partial charge on any atom is 0.187 e. The van der Waals surface area contributed by atoms with Gasteiger partial charge >= 0.3 is 0 Å². The molecule has 0 aromatic carbocycles. The van der Waals surface area contributed by atoms with Crippen LogP contribution in [0.1, 0.15) is 20.8 Å². The first-order valence-electron chi connectivity index (χ1n) is 13.1. The van der Waals surface area contributed by atoms with Gasteiger partial charge in [0.1, 0.15) is 73.2 Å². The van der Waals surface area contributed by atoms with Crippen LogP contribution in [0.2, 0.25) is 0 Å². The average molecular weight is 589 g/mol. The van der Waals surface area contributed by atoms with E-state index in [0.717, 1.165) is 0 Å². The number of aliphatic hydroxyl groups excluding tert-OH is 10. The number of hydrogen-bond acceptors (Lipinski definition) is 17. The summed E-state index contributed by atoms with van der Waals surface area (Å²) in [4.78, 5) is 0. The molecule has 17 heteroatoms. The molecule has 0 aromatic rings. The first kappa shape index (κ1) is 32.2. The van der Waals surface area contributed by atoms with E-state index in [4.69, 9.17) is 33.2 Å². The molecule has 0 aliphatic carbocycles. The molecular formula is C23H40O17. The monoisotopic (exact) mass is 588 g/mol. The van der Waals surface area contributed by atoms with E-state index >= 15 is 0 Å². The smallest absolute Gasteiger partial charge is 0.187 e. The van der Waals surface area contributed by atoms with Gasteiger partial charge in [-0.05, 0) is 20.8 Å². The van der Waals surface area contributed by atoms with Gasteiger partial charge in [-0.15, -0.1) is 0 Å². The minimum Gasteiger partial charge on any atom is -0.388 e. The Morgan fingerprint density at radius 1 is 0.450 bits per heavy atom. The molecule has 0 unspecified atom stereocenters. The molecule has 234 valence electrons. The van der Waals surface area contributed by atoms with E-state index in [-0.39, 0.29) is 0 Å². The summed E-state index contributed by atoms with van der Waals surface area (Å²) < 4.78 is 39.1. The van der Waals surface area contributed by atoms with Crippen LogP contribution in [0.15, 0.2) is 0 Å². The Hall–Kier alpha value is -0.680. The Morgan fingerprint density at radius 2 is 0.950 bits per heavy atom. The maximum atomic E-state index is 11.0. The highest BCUT2D eigenvalue weighted by Gasteiger charge is 2.54. The topological polar surface area (TPSA) is 267 Å². The highest BCUT2D eigenvalue weighted by Crippen LogP contribution is 2.35. The van der Waals surface area contributed by atoms with E-state index in [0.29, 0.717) is 0 Å². The standard InChI is InChI=1S/C23H40O17/c1-5-9(25)13(29)15(31)22(36-5)39-18-11(27)7(3)37-23(38-17-10(26)6(2)35-20(33)16(17)32)19(18)40-21-14(30)12(28)8(24)4-34-21/h5-33H,4H2,1-3H3/t5-,6-,7-,8-,9-,10-,11-,12+,13+,14-,15+,16+,17+,18+,19+,20+,21+,22-,23-/m0/s1. The highest BCUT2D eigenvalue weighted by molar-refractivity contribution is 4.96. The highest BCUT2D eigenvalue weighted by atomic mass is 16.8. The Kier molecular flexibility index (Phi) is 10.4. The number of hydrogen-bond donors (Lipinski definition) is 10. The van der Waals surface area contributed by atoms with E-state index in [1.54, 1.807) is 0 Å². The first-order valence-corrected chi connectivity index (χ1v) is 13.1. The molecule has 0 spiro atoms. The summed E-state index contributed by atoms with van der Waals surface area (Å²) in [5.41, 5.74) is 0. The van der Waals surface area contributed by atoms with Crippen LogP contribution in [0.25, 0.3) is 0 Å². The summed E-state index contributed by atoms with van der Waals surface area (Å²) >= 11 is 0. The van der Waals surface area contributed by atoms with Crippen molar-refractivity contribution in [1.82, 2.24) is 0 Å². The van der Waals surface area contributed by atoms with Gasteiger partial charge in [0.05, 0.1) is 24.9 Å². The average Bonchev–Trinajstić information content (AvgIpc) is 2.91. The summed E-state index contributed by atoms with van der Waals surface area (Å²) in [6, 6.07) is 0. The van der Waals surface area contributed by atoms with Crippen molar-refractivity contribution in [3.8, 4) is 0 Å². The Bertz CT molecular complexity index is 808. The number of ether oxygens (including phenoxy) is 7. The zero-order valence-electron chi connectivity index (χ0n) is 22.0. The van der Waals surface area contributed by atoms with E-state index < -0.39 is 123 Å². The van der Waals surface area contributed by atoms with Crippen LogP contribution >= 0.6 is 0 Å². The van der Waals surface area contributed by atoms with E-state index in [2.05, 4.69) is 0 Å². The van der Waals surface area contributed by atoms with Gasteiger partial charge in [-0.1, -0.05) is 0 Å². The molecule has 4 fully saturated rings. The number of rotatable bonds is 6. The third-order valence-corrected chi connectivity index (χ3v) is 7.70. The minimum atomic E-state index is -1.80. The van der Waals surface area contributed by atoms with Gasteiger partial charge in [-0.3, -0.25) is 0 Å². The van der Waals surface area contributed by atoms with Gasteiger partial charge in [0.25, 0.3) is 0 Å². The third kappa shape index (κ3) is 6.31. The Labute approximate surface area is 228 Å². The zero-order valence-corrected chi connectivity index (χ0v) is 22.0. The lowest BCUT2D eigenvalue weighted by molar-refractivity contribution is -0.397. The molecule has 17 nitrogen and oxygen atoms in total. The molecule has 4 aliphatic rings. The Morgan fingerprint density at radius 3 is 1.62 bits per heavy atom. The summed E-state index contributed by atoms with van der Waals surface area (Å²) in [5, 5.41) is 103. The van der Waals surface area contributed by atoms with Gasteiger partial charge < -0.3 is 84.2 Å². The van der Waals surface area contributed by atoms with E-state index in [9.17, 15) is 51.1 Å². The van der Waals surface area contributed by atoms with Crippen molar-refractivity contribution in [2.24, 2.45) is 0 Å². The molecule has 19 atom stereocenters. The summed E-state index contributed by atoms with van der Waals surface area (Å²) in [5.74, 6) is 0. The lowest BCUT2D eigenvalue weighted by atomic mass is 9.96. The van der Waals surface area contributed by atoms with Crippen molar-refractivity contribution in [2.45, 2.75) is 137 Å².